The zero-order valence-corrected chi connectivity index (χ0v) is 15.9. The zero-order chi connectivity index (χ0) is 19.1. The van der Waals surface area contributed by atoms with Crippen molar-refractivity contribution in [3.05, 3.63) is 71.4 Å². The first-order valence-electron chi connectivity index (χ1n) is 9.80. The van der Waals surface area contributed by atoms with Gasteiger partial charge in [0.05, 0.1) is 17.9 Å². The van der Waals surface area contributed by atoms with Gasteiger partial charge in [0, 0.05) is 36.7 Å². The van der Waals surface area contributed by atoms with Gasteiger partial charge in [-0.2, -0.15) is 0 Å². The average molecular weight is 373 g/mol. The highest BCUT2D eigenvalue weighted by Crippen LogP contribution is 2.41. The van der Waals surface area contributed by atoms with E-state index >= 15 is 0 Å². The van der Waals surface area contributed by atoms with Crippen LogP contribution in [-0.4, -0.2) is 26.5 Å². The predicted molar refractivity (Wildman–Crippen MR) is 109 cm³/mol. The maximum Gasteiger partial charge on any atom is 0.259 e. The summed E-state index contributed by atoms with van der Waals surface area (Å²) in [6.45, 7) is 2.87. The van der Waals surface area contributed by atoms with Gasteiger partial charge in [-0.05, 0) is 55.0 Å². The molecule has 142 valence electrons. The number of hydrogen-bond acceptors (Lipinski definition) is 4. The molecular formula is C22H23N5O. The SMILES string of the molecule is Cc1cc(C2CC2)ccc1NC(=O)c1cccnc1NC1Cc2cncn2C1. The second-order valence-electron chi connectivity index (χ2n) is 7.79. The van der Waals surface area contributed by atoms with E-state index in [1.54, 1.807) is 12.3 Å². The fourth-order valence-corrected chi connectivity index (χ4v) is 3.92. The lowest BCUT2D eigenvalue weighted by Gasteiger charge is -2.16. The molecule has 3 aromatic rings. The summed E-state index contributed by atoms with van der Waals surface area (Å²) in [6.07, 6.45) is 8.87. The van der Waals surface area contributed by atoms with Crippen LogP contribution in [0.5, 0.6) is 0 Å². The molecule has 6 heteroatoms. The summed E-state index contributed by atoms with van der Waals surface area (Å²) in [4.78, 5) is 21.5. The molecule has 6 nitrogen and oxygen atoms in total. The van der Waals surface area contributed by atoms with E-state index in [2.05, 4.69) is 37.3 Å². The number of nitrogens with one attached hydrogen (secondary N) is 2. The third-order valence-electron chi connectivity index (χ3n) is 5.61. The van der Waals surface area contributed by atoms with Crippen molar-refractivity contribution in [3.63, 3.8) is 0 Å². The van der Waals surface area contributed by atoms with E-state index in [1.807, 2.05) is 31.6 Å². The van der Waals surface area contributed by atoms with Crippen molar-refractivity contribution >= 4 is 17.4 Å². The molecule has 1 amide bonds. The van der Waals surface area contributed by atoms with Gasteiger partial charge in [0.25, 0.3) is 5.91 Å². The quantitative estimate of drug-likeness (QED) is 0.714. The number of imidazole rings is 1. The number of benzene rings is 1. The highest BCUT2D eigenvalue weighted by Gasteiger charge is 2.25. The lowest BCUT2D eigenvalue weighted by molar-refractivity contribution is 0.102. The number of hydrogen-bond donors (Lipinski definition) is 2. The second kappa shape index (κ2) is 6.78. The lowest BCUT2D eigenvalue weighted by Crippen LogP contribution is -2.24. The number of pyridine rings is 1. The number of carbonyl (C=O) groups is 1. The van der Waals surface area contributed by atoms with Gasteiger partial charge in [0.15, 0.2) is 0 Å². The number of carbonyl (C=O) groups excluding carboxylic acids is 1. The maximum absolute atomic E-state index is 13.0. The molecule has 1 aliphatic heterocycles. The van der Waals surface area contributed by atoms with Crippen LogP contribution in [0, 0.1) is 6.92 Å². The Morgan fingerprint density at radius 1 is 1.25 bits per heavy atom. The molecule has 1 fully saturated rings. The summed E-state index contributed by atoms with van der Waals surface area (Å²) < 4.78 is 2.13. The number of aromatic nitrogens is 3. The van der Waals surface area contributed by atoms with Crippen molar-refractivity contribution in [2.24, 2.45) is 0 Å². The first-order chi connectivity index (χ1) is 13.7. The van der Waals surface area contributed by atoms with E-state index in [0.29, 0.717) is 17.3 Å². The van der Waals surface area contributed by atoms with Crippen LogP contribution in [0.15, 0.2) is 49.1 Å². The van der Waals surface area contributed by atoms with Crippen LogP contribution >= 0.6 is 0 Å². The maximum atomic E-state index is 13.0. The Morgan fingerprint density at radius 2 is 2.14 bits per heavy atom. The van der Waals surface area contributed by atoms with Crippen molar-refractivity contribution in [1.29, 1.82) is 0 Å². The van der Waals surface area contributed by atoms with E-state index in [9.17, 15) is 4.79 Å². The second-order valence-corrected chi connectivity index (χ2v) is 7.79. The zero-order valence-electron chi connectivity index (χ0n) is 15.9. The smallest absolute Gasteiger partial charge is 0.259 e. The summed E-state index contributed by atoms with van der Waals surface area (Å²) >= 11 is 0. The van der Waals surface area contributed by atoms with Gasteiger partial charge >= 0.3 is 0 Å². The molecule has 0 bridgehead atoms. The number of amides is 1. The normalized spacial score (nSPS) is 18.0. The van der Waals surface area contributed by atoms with Gasteiger partial charge in [-0.1, -0.05) is 12.1 Å². The van der Waals surface area contributed by atoms with E-state index < -0.39 is 0 Å². The fourth-order valence-electron chi connectivity index (χ4n) is 3.92. The Labute approximate surface area is 164 Å². The first-order valence-corrected chi connectivity index (χ1v) is 9.80. The molecule has 5 rings (SSSR count). The van der Waals surface area contributed by atoms with Gasteiger partial charge in [-0.15, -0.1) is 0 Å². The average Bonchev–Trinajstić information content (AvgIpc) is 3.34. The molecule has 2 aliphatic rings. The number of rotatable bonds is 5. The largest absolute Gasteiger partial charge is 0.364 e. The van der Waals surface area contributed by atoms with Crippen LogP contribution in [0.2, 0.25) is 0 Å². The molecule has 1 saturated carbocycles. The Morgan fingerprint density at radius 3 is 2.93 bits per heavy atom. The van der Waals surface area contributed by atoms with E-state index in [0.717, 1.165) is 24.2 Å². The summed E-state index contributed by atoms with van der Waals surface area (Å²) in [6, 6.07) is 10.2. The monoisotopic (exact) mass is 373 g/mol. The molecule has 2 aromatic heterocycles. The number of aryl methyl sites for hydroxylation is 1. The number of nitrogens with zero attached hydrogens (tertiary/aromatic N) is 3. The molecular weight excluding hydrogens is 350 g/mol. The van der Waals surface area contributed by atoms with Crippen molar-refractivity contribution in [3.8, 4) is 0 Å². The summed E-state index contributed by atoms with van der Waals surface area (Å²) in [5.74, 6) is 1.19. The molecule has 1 unspecified atom stereocenters. The molecule has 1 aliphatic carbocycles. The lowest BCUT2D eigenvalue weighted by atomic mass is 10.1. The van der Waals surface area contributed by atoms with Crippen LogP contribution in [0.25, 0.3) is 0 Å². The van der Waals surface area contributed by atoms with Gasteiger partial charge < -0.3 is 15.2 Å². The van der Waals surface area contributed by atoms with Crippen LogP contribution < -0.4 is 10.6 Å². The van der Waals surface area contributed by atoms with E-state index in [1.165, 1.54) is 24.1 Å². The Hall–Kier alpha value is -3.15. The highest BCUT2D eigenvalue weighted by atomic mass is 16.1. The van der Waals surface area contributed by atoms with E-state index in [4.69, 9.17) is 0 Å². The summed E-state index contributed by atoms with van der Waals surface area (Å²) in [7, 11) is 0. The molecule has 0 saturated heterocycles. The number of fused-ring (bicyclic) bond motifs is 1. The number of anilines is 2. The van der Waals surface area contributed by atoms with Crippen LogP contribution in [0.4, 0.5) is 11.5 Å². The standard InChI is InChI=1S/C22H23N5O/c1-14-9-16(15-4-5-15)6-7-20(14)26-22(28)19-3-2-8-24-21(19)25-17-10-18-11-23-13-27(18)12-17/h2-3,6-9,11,13,15,17H,4-5,10,12H2,1H3,(H,24,25)(H,26,28). The molecule has 1 aromatic carbocycles. The third kappa shape index (κ3) is 3.26. The first kappa shape index (κ1) is 17.0. The molecule has 2 N–H and O–H groups in total. The molecule has 3 heterocycles. The van der Waals surface area contributed by atoms with Gasteiger partial charge in [-0.25, -0.2) is 9.97 Å². The predicted octanol–water partition coefficient (Wildman–Crippen LogP) is 3.75. The van der Waals surface area contributed by atoms with Crippen LogP contribution in [-0.2, 0) is 13.0 Å². The Kier molecular flexibility index (Phi) is 4.11. The summed E-state index contributed by atoms with van der Waals surface area (Å²) in [5, 5.41) is 6.49. The van der Waals surface area contributed by atoms with Gasteiger partial charge in [-0.3, -0.25) is 4.79 Å². The van der Waals surface area contributed by atoms with Crippen LogP contribution in [0.3, 0.4) is 0 Å². The molecule has 28 heavy (non-hydrogen) atoms. The third-order valence-corrected chi connectivity index (χ3v) is 5.61. The van der Waals surface area contributed by atoms with E-state index in [-0.39, 0.29) is 11.9 Å². The molecule has 1 atom stereocenters. The summed E-state index contributed by atoms with van der Waals surface area (Å²) in [5.41, 5.74) is 5.08. The van der Waals surface area contributed by atoms with Crippen molar-refractivity contribution < 1.29 is 4.79 Å². The van der Waals surface area contributed by atoms with Crippen molar-refractivity contribution in [2.75, 3.05) is 10.6 Å². The molecule has 0 spiro atoms. The van der Waals surface area contributed by atoms with Crippen LogP contribution in [0.1, 0.15) is 45.9 Å². The minimum Gasteiger partial charge on any atom is -0.364 e. The Balaban J connectivity index is 1.32. The van der Waals surface area contributed by atoms with Crippen molar-refractivity contribution in [2.45, 2.75) is 44.7 Å². The highest BCUT2D eigenvalue weighted by molar-refractivity contribution is 6.07. The minimum absolute atomic E-state index is 0.142. The van der Waals surface area contributed by atoms with Crippen molar-refractivity contribution in [1.82, 2.24) is 14.5 Å². The Bertz CT molecular complexity index is 1020. The van der Waals surface area contributed by atoms with Gasteiger partial charge in [0.2, 0.25) is 0 Å². The van der Waals surface area contributed by atoms with Gasteiger partial charge in [0.1, 0.15) is 5.82 Å². The fraction of sp³-hybridized carbons (Fsp3) is 0.318. The topological polar surface area (TPSA) is 71.8 Å². The minimum atomic E-state index is -0.142. The molecule has 0 radical (unpaired) electrons.